The number of para-hydroxylation sites is 2. The van der Waals surface area contributed by atoms with Gasteiger partial charge in [-0.2, -0.15) is 0 Å². The Morgan fingerprint density at radius 2 is 1.60 bits per heavy atom. The second kappa shape index (κ2) is 6.93. The highest BCUT2D eigenvalue weighted by atomic mass is 16.3. The van der Waals surface area contributed by atoms with Gasteiger partial charge < -0.3 is 20.2 Å². The Hall–Kier alpha value is -2.04. The van der Waals surface area contributed by atoms with E-state index >= 15 is 0 Å². The molecule has 0 aliphatic carbocycles. The maximum absolute atomic E-state index is 9.93. The van der Waals surface area contributed by atoms with Crippen LogP contribution in [-0.2, 0) is 6.42 Å². The van der Waals surface area contributed by atoms with Gasteiger partial charge in [-0.05, 0) is 30.2 Å². The van der Waals surface area contributed by atoms with Crippen molar-refractivity contribution in [3.63, 3.8) is 0 Å². The molecule has 1 atom stereocenters. The maximum Gasteiger partial charge on any atom is 0.150 e. The number of benzene rings is 2. The van der Waals surface area contributed by atoms with Gasteiger partial charge in [0, 0.05) is 12.2 Å². The van der Waals surface area contributed by atoms with Gasteiger partial charge in [0.05, 0.1) is 6.61 Å². The first-order valence-corrected chi connectivity index (χ1v) is 6.60. The third-order valence-corrected chi connectivity index (χ3v) is 3.22. The number of phenols is 1. The van der Waals surface area contributed by atoms with Crippen molar-refractivity contribution in [3.8, 4) is 5.75 Å². The first-order chi connectivity index (χ1) is 9.72. The zero-order valence-electron chi connectivity index (χ0n) is 11.2. The van der Waals surface area contributed by atoms with Crippen LogP contribution in [0.2, 0.25) is 0 Å². The summed E-state index contributed by atoms with van der Waals surface area (Å²) < 4.78 is 0. The summed E-state index contributed by atoms with van der Waals surface area (Å²) in [5.41, 5.74) is 1.66. The number of phenolic OH excluding ortho intramolecular Hbond substituents is 1. The largest absolute Gasteiger partial charge is 0.508 e. The summed E-state index contributed by atoms with van der Waals surface area (Å²) >= 11 is 0. The van der Waals surface area contributed by atoms with Gasteiger partial charge in [-0.1, -0.05) is 36.4 Å². The molecule has 2 rings (SSSR count). The number of hydrogen-bond acceptors (Lipinski definition) is 4. The van der Waals surface area contributed by atoms with Crippen LogP contribution in [0, 0.1) is 0 Å². The van der Waals surface area contributed by atoms with Gasteiger partial charge >= 0.3 is 0 Å². The lowest BCUT2D eigenvalue weighted by Crippen LogP contribution is -2.39. The molecule has 2 aromatic carbocycles. The number of aliphatic hydroxyl groups excluding tert-OH is 2. The molecule has 0 heterocycles. The third-order valence-electron chi connectivity index (χ3n) is 3.22. The number of aliphatic hydroxyl groups is 2. The Morgan fingerprint density at radius 1 is 0.950 bits per heavy atom. The molecule has 2 aromatic rings. The molecular weight excluding hydrogens is 254 g/mol. The average Bonchev–Trinajstić information content (AvgIpc) is 2.50. The predicted octanol–water partition coefficient (Wildman–Crippen LogP) is 1.75. The Bertz CT molecular complexity index is 530. The summed E-state index contributed by atoms with van der Waals surface area (Å²) in [6, 6.07) is 16.6. The second-order valence-corrected chi connectivity index (χ2v) is 4.57. The van der Waals surface area contributed by atoms with Crippen LogP contribution >= 0.6 is 0 Å². The van der Waals surface area contributed by atoms with Crippen LogP contribution in [0.3, 0.4) is 0 Å². The first-order valence-electron chi connectivity index (χ1n) is 6.60. The fourth-order valence-corrected chi connectivity index (χ4v) is 2.13. The molecule has 0 aliphatic heterocycles. The van der Waals surface area contributed by atoms with Crippen molar-refractivity contribution in [3.05, 3.63) is 60.2 Å². The van der Waals surface area contributed by atoms with Crippen molar-refractivity contribution in [1.29, 1.82) is 0 Å². The van der Waals surface area contributed by atoms with E-state index in [1.165, 1.54) is 0 Å². The molecule has 4 nitrogen and oxygen atoms in total. The average molecular weight is 273 g/mol. The van der Waals surface area contributed by atoms with E-state index in [0.717, 1.165) is 11.3 Å². The van der Waals surface area contributed by atoms with E-state index in [4.69, 9.17) is 0 Å². The van der Waals surface area contributed by atoms with Crippen molar-refractivity contribution >= 4 is 5.69 Å². The smallest absolute Gasteiger partial charge is 0.150 e. The Balaban J connectivity index is 2.11. The van der Waals surface area contributed by atoms with E-state index < -0.39 is 6.23 Å². The molecule has 0 aliphatic rings. The van der Waals surface area contributed by atoms with E-state index in [0.29, 0.717) is 13.0 Å². The van der Waals surface area contributed by atoms with Gasteiger partial charge in [0.1, 0.15) is 12.0 Å². The molecule has 0 aromatic heterocycles. The highest BCUT2D eigenvalue weighted by Gasteiger charge is 2.15. The first kappa shape index (κ1) is 14.4. The van der Waals surface area contributed by atoms with E-state index in [2.05, 4.69) is 0 Å². The topological polar surface area (TPSA) is 63.9 Å². The Kier molecular flexibility index (Phi) is 4.98. The lowest BCUT2D eigenvalue weighted by molar-refractivity contribution is 0.0917. The molecule has 3 N–H and O–H groups in total. The van der Waals surface area contributed by atoms with Crippen molar-refractivity contribution in [2.24, 2.45) is 0 Å². The summed E-state index contributed by atoms with van der Waals surface area (Å²) in [4.78, 5) is 1.71. The van der Waals surface area contributed by atoms with Crippen LogP contribution in [0.25, 0.3) is 0 Å². The lowest BCUT2D eigenvalue weighted by Gasteiger charge is -2.29. The molecule has 1 unspecified atom stereocenters. The highest BCUT2D eigenvalue weighted by molar-refractivity contribution is 5.47. The maximum atomic E-state index is 9.93. The van der Waals surface area contributed by atoms with Crippen LogP contribution < -0.4 is 4.90 Å². The molecule has 0 bridgehead atoms. The van der Waals surface area contributed by atoms with Crippen LogP contribution in [0.4, 0.5) is 5.69 Å². The van der Waals surface area contributed by atoms with Crippen LogP contribution in [0.5, 0.6) is 5.75 Å². The number of aromatic hydroxyl groups is 1. The SMILES string of the molecule is OCC(O)N(CCc1ccccc1O)c1ccccc1. The fraction of sp³-hybridized carbons (Fsp3) is 0.250. The monoisotopic (exact) mass is 273 g/mol. The van der Waals surface area contributed by atoms with Crippen LogP contribution in [0.15, 0.2) is 54.6 Å². The van der Waals surface area contributed by atoms with Gasteiger partial charge in [0.2, 0.25) is 0 Å². The van der Waals surface area contributed by atoms with Gasteiger partial charge in [0.15, 0.2) is 0 Å². The molecule has 20 heavy (non-hydrogen) atoms. The number of rotatable bonds is 6. The molecule has 0 saturated heterocycles. The normalized spacial score (nSPS) is 12.1. The van der Waals surface area contributed by atoms with E-state index in [1.807, 2.05) is 42.5 Å². The summed E-state index contributed by atoms with van der Waals surface area (Å²) in [5, 5.41) is 28.9. The van der Waals surface area contributed by atoms with E-state index in [-0.39, 0.29) is 12.4 Å². The standard InChI is InChI=1S/C16H19NO3/c18-12-16(20)17(14-7-2-1-3-8-14)11-10-13-6-4-5-9-15(13)19/h1-9,16,18-20H,10-12H2. The Morgan fingerprint density at radius 3 is 2.25 bits per heavy atom. The minimum absolute atomic E-state index is 0.249. The van der Waals surface area contributed by atoms with Crippen LogP contribution in [-0.4, -0.2) is 34.7 Å². The molecule has 0 amide bonds. The fourth-order valence-electron chi connectivity index (χ4n) is 2.13. The Labute approximate surface area is 118 Å². The minimum Gasteiger partial charge on any atom is -0.508 e. The molecular formula is C16H19NO3. The predicted molar refractivity (Wildman–Crippen MR) is 78.7 cm³/mol. The molecule has 0 radical (unpaired) electrons. The van der Waals surface area contributed by atoms with Gasteiger partial charge in [-0.25, -0.2) is 0 Å². The summed E-state index contributed by atoms with van der Waals surface area (Å²) in [5.74, 6) is 0.249. The molecule has 0 saturated carbocycles. The number of hydrogen-bond donors (Lipinski definition) is 3. The number of anilines is 1. The van der Waals surface area contributed by atoms with Gasteiger partial charge in [-0.3, -0.25) is 0 Å². The molecule has 4 heteroatoms. The summed E-state index contributed by atoms with van der Waals surface area (Å²) in [6.07, 6.45) is -0.373. The number of nitrogens with zero attached hydrogens (tertiary/aromatic N) is 1. The summed E-state index contributed by atoms with van der Waals surface area (Å²) in [6.45, 7) is 0.166. The van der Waals surface area contributed by atoms with Gasteiger partial charge in [0.25, 0.3) is 0 Å². The summed E-state index contributed by atoms with van der Waals surface area (Å²) in [7, 11) is 0. The highest BCUT2D eigenvalue weighted by Crippen LogP contribution is 2.20. The second-order valence-electron chi connectivity index (χ2n) is 4.57. The third kappa shape index (κ3) is 3.50. The lowest BCUT2D eigenvalue weighted by atomic mass is 10.1. The van der Waals surface area contributed by atoms with Crippen molar-refractivity contribution < 1.29 is 15.3 Å². The minimum atomic E-state index is -0.955. The van der Waals surface area contributed by atoms with Crippen molar-refractivity contribution in [1.82, 2.24) is 0 Å². The van der Waals surface area contributed by atoms with E-state index in [1.54, 1.807) is 17.0 Å². The quantitative estimate of drug-likeness (QED) is 0.702. The van der Waals surface area contributed by atoms with Crippen molar-refractivity contribution in [2.45, 2.75) is 12.6 Å². The molecule has 106 valence electrons. The molecule has 0 spiro atoms. The van der Waals surface area contributed by atoms with Crippen LogP contribution in [0.1, 0.15) is 5.56 Å². The van der Waals surface area contributed by atoms with Crippen molar-refractivity contribution in [2.75, 3.05) is 18.1 Å². The zero-order chi connectivity index (χ0) is 14.4. The van der Waals surface area contributed by atoms with Gasteiger partial charge in [-0.15, -0.1) is 0 Å². The zero-order valence-corrected chi connectivity index (χ0v) is 11.2. The van der Waals surface area contributed by atoms with E-state index in [9.17, 15) is 15.3 Å². The molecule has 0 fully saturated rings.